The molecule has 0 saturated heterocycles. The summed E-state index contributed by atoms with van der Waals surface area (Å²) in [4.78, 5) is 0. The molecular formula is C28H32I2N4. The minimum Gasteiger partial charge on any atom is -1.00 e. The molecule has 0 radical (unpaired) electrons. The van der Waals surface area contributed by atoms with Crippen molar-refractivity contribution in [3.05, 3.63) is 110 Å². The molecule has 5 rings (SSSR count). The fourth-order valence-corrected chi connectivity index (χ4v) is 4.71. The molecule has 2 aliphatic carbocycles. The van der Waals surface area contributed by atoms with E-state index in [1.54, 1.807) is 0 Å². The van der Waals surface area contributed by atoms with Gasteiger partial charge in [0.1, 0.15) is 36.2 Å². The molecule has 2 aliphatic rings. The Morgan fingerprint density at radius 2 is 1.21 bits per heavy atom. The van der Waals surface area contributed by atoms with Gasteiger partial charge in [-0.3, -0.25) is 0 Å². The first-order chi connectivity index (χ1) is 15.5. The third-order valence-corrected chi connectivity index (χ3v) is 6.56. The second kappa shape index (κ2) is 11.2. The van der Waals surface area contributed by atoms with Gasteiger partial charge in [-0.05, 0) is 25.0 Å². The smallest absolute Gasteiger partial charge is 0.249 e. The molecule has 3 aromatic rings. The zero-order valence-electron chi connectivity index (χ0n) is 19.8. The SMILES string of the molecule is CC1(C[n+]2ccn(-c3cccc(-n4cc[n+](CC5(C)C=CC=CC5)c4)c3)c2)C=CC=CC1.[I-].[I-]. The zero-order valence-corrected chi connectivity index (χ0v) is 24.1. The maximum absolute atomic E-state index is 2.32. The van der Waals surface area contributed by atoms with Gasteiger partial charge in [-0.25, -0.2) is 18.3 Å². The van der Waals surface area contributed by atoms with Crippen molar-refractivity contribution in [1.82, 2.24) is 9.13 Å². The molecule has 2 heterocycles. The highest BCUT2D eigenvalue weighted by molar-refractivity contribution is 5.43. The fourth-order valence-electron chi connectivity index (χ4n) is 4.71. The summed E-state index contributed by atoms with van der Waals surface area (Å²) < 4.78 is 8.97. The van der Waals surface area contributed by atoms with E-state index in [2.05, 4.69) is 142 Å². The molecule has 1 aromatic carbocycles. The van der Waals surface area contributed by atoms with Crippen molar-refractivity contribution in [3.63, 3.8) is 0 Å². The Morgan fingerprint density at radius 1 is 0.735 bits per heavy atom. The van der Waals surface area contributed by atoms with Gasteiger partial charge in [-0.1, -0.05) is 68.5 Å². The molecule has 0 bridgehead atoms. The first-order valence-electron chi connectivity index (χ1n) is 11.4. The van der Waals surface area contributed by atoms with Gasteiger partial charge < -0.3 is 48.0 Å². The molecule has 0 saturated carbocycles. The van der Waals surface area contributed by atoms with Crippen molar-refractivity contribution < 1.29 is 57.1 Å². The van der Waals surface area contributed by atoms with Gasteiger partial charge in [0.15, 0.2) is 0 Å². The molecule has 0 fully saturated rings. The second-order valence-corrected chi connectivity index (χ2v) is 9.80. The summed E-state index contributed by atoms with van der Waals surface area (Å²) in [6, 6.07) is 8.70. The van der Waals surface area contributed by atoms with Gasteiger partial charge in [0.2, 0.25) is 12.7 Å². The maximum Gasteiger partial charge on any atom is 0.249 e. The van der Waals surface area contributed by atoms with Gasteiger partial charge >= 0.3 is 0 Å². The monoisotopic (exact) mass is 678 g/mol. The van der Waals surface area contributed by atoms with Crippen LogP contribution in [0.5, 0.6) is 0 Å². The molecule has 0 aliphatic heterocycles. The van der Waals surface area contributed by atoms with Crippen LogP contribution in [0.25, 0.3) is 11.4 Å². The molecule has 2 atom stereocenters. The van der Waals surface area contributed by atoms with E-state index in [1.807, 2.05) is 0 Å². The molecule has 178 valence electrons. The Bertz CT molecular complexity index is 1140. The van der Waals surface area contributed by atoms with Gasteiger partial charge in [-0.2, -0.15) is 0 Å². The Kier molecular flexibility index (Phi) is 8.78. The Balaban J connectivity index is 0.00000162. The van der Waals surface area contributed by atoms with Crippen LogP contribution in [0.1, 0.15) is 26.7 Å². The molecule has 6 heteroatoms. The van der Waals surface area contributed by atoms with Crippen LogP contribution in [0.2, 0.25) is 0 Å². The fraction of sp³-hybridized carbons (Fsp3) is 0.286. The summed E-state index contributed by atoms with van der Waals surface area (Å²) in [5.74, 6) is 0. The van der Waals surface area contributed by atoms with Gasteiger partial charge in [-0.15, -0.1) is 0 Å². The van der Waals surface area contributed by atoms with Crippen molar-refractivity contribution in [3.8, 4) is 11.4 Å². The lowest BCUT2D eigenvalue weighted by atomic mass is 9.84. The summed E-state index contributed by atoms with van der Waals surface area (Å²) in [5, 5.41) is 0. The lowest BCUT2D eigenvalue weighted by molar-refractivity contribution is -0.706. The van der Waals surface area contributed by atoms with Gasteiger partial charge in [0, 0.05) is 16.9 Å². The van der Waals surface area contributed by atoms with Crippen LogP contribution in [0.4, 0.5) is 0 Å². The van der Waals surface area contributed by atoms with E-state index >= 15 is 0 Å². The van der Waals surface area contributed by atoms with Crippen LogP contribution in [0.3, 0.4) is 0 Å². The average molecular weight is 678 g/mol. The van der Waals surface area contributed by atoms with E-state index in [-0.39, 0.29) is 58.8 Å². The molecule has 2 unspecified atom stereocenters. The third kappa shape index (κ3) is 6.19. The highest BCUT2D eigenvalue weighted by atomic mass is 127. The Morgan fingerprint density at radius 3 is 1.62 bits per heavy atom. The highest BCUT2D eigenvalue weighted by Crippen LogP contribution is 2.28. The number of nitrogens with zero attached hydrogens (tertiary/aromatic N) is 4. The minimum atomic E-state index is 0. The van der Waals surface area contributed by atoms with Gasteiger partial charge in [0.05, 0.1) is 13.1 Å². The van der Waals surface area contributed by atoms with Crippen molar-refractivity contribution in [2.45, 2.75) is 39.8 Å². The van der Waals surface area contributed by atoms with Crippen LogP contribution in [-0.4, -0.2) is 9.13 Å². The summed E-state index contributed by atoms with van der Waals surface area (Å²) in [6.45, 7) is 6.58. The Hall–Kier alpha value is -1.94. The minimum absolute atomic E-state index is 0. The molecule has 0 spiro atoms. The summed E-state index contributed by atoms with van der Waals surface area (Å²) in [5.41, 5.74) is 2.68. The van der Waals surface area contributed by atoms with Crippen LogP contribution in [0.15, 0.2) is 110 Å². The van der Waals surface area contributed by atoms with Crippen molar-refractivity contribution in [2.24, 2.45) is 10.8 Å². The molecule has 0 N–H and O–H groups in total. The standard InChI is InChI=1S/C28H32N4.2HI/c1-27(12-5-3-6-13-27)21-29-16-18-31(23-29)25-10-9-11-26(20-25)32-19-17-30(24-32)22-28(2)14-7-4-8-15-28;;/h3-12,14,16-20,23-24H,13,15,21-22H2,1-2H3;2*1H/q+2;;/p-2. The number of imidazole rings is 2. The van der Waals surface area contributed by atoms with E-state index in [4.69, 9.17) is 0 Å². The average Bonchev–Trinajstić information content (AvgIpc) is 3.44. The number of halogens is 2. The quantitative estimate of drug-likeness (QED) is 0.233. The number of rotatable bonds is 6. The van der Waals surface area contributed by atoms with Crippen molar-refractivity contribution in [2.75, 3.05) is 0 Å². The predicted molar refractivity (Wildman–Crippen MR) is 127 cm³/mol. The van der Waals surface area contributed by atoms with E-state index < -0.39 is 0 Å². The zero-order chi connectivity index (χ0) is 22.0. The third-order valence-electron chi connectivity index (χ3n) is 6.56. The van der Waals surface area contributed by atoms with E-state index in [0.29, 0.717) is 0 Å². The first kappa shape index (κ1) is 26.7. The Labute approximate surface area is 237 Å². The number of aromatic nitrogens is 4. The van der Waals surface area contributed by atoms with Crippen molar-refractivity contribution >= 4 is 0 Å². The van der Waals surface area contributed by atoms with E-state index in [0.717, 1.165) is 37.3 Å². The van der Waals surface area contributed by atoms with Crippen LogP contribution in [0, 0.1) is 10.8 Å². The topological polar surface area (TPSA) is 17.6 Å². The van der Waals surface area contributed by atoms with E-state index in [9.17, 15) is 0 Å². The summed E-state index contributed by atoms with van der Waals surface area (Å²) >= 11 is 0. The van der Waals surface area contributed by atoms with Gasteiger partial charge in [0.25, 0.3) is 0 Å². The molecule has 2 aromatic heterocycles. The number of hydrogen-bond acceptors (Lipinski definition) is 0. The molecule has 4 nitrogen and oxygen atoms in total. The maximum atomic E-state index is 2.32. The molecule has 0 amide bonds. The molecular weight excluding hydrogens is 646 g/mol. The van der Waals surface area contributed by atoms with Crippen LogP contribution < -0.4 is 57.1 Å². The van der Waals surface area contributed by atoms with E-state index in [1.165, 1.54) is 0 Å². The highest BCUT2D eigenvalue weighted by Gasteiger charge is 2.26. The first-order valence-corrected chi connectivity index (χ1v) is 11.4. The second-order valence-electron chi connectivity index (χ2n) is 9.80. The summed E-state index contributed by atoms with van der Waals surface area (Å²) in [7, 11) is 0. The number of hydrogen-bond donors (Lipinski definition) is 0. The lowest BCUT2D eigenvalue weighted by Crippen LogP contribution is -3.00. The van der Waals surface area contributed by atoms with Crippen LogP contribution >= 0.6 is 0 Å². The number of benzene rings is 1. The summed E-state index contributed by atoms with van der Waals surface area (Å²) in [6.07, 6.45) is 32.9. The van der Waals surface area contributed by atoms with Crippen LogP contribution in [-0.2, 0) is 13.1 Å². The number of allylic oxidation sites excluding steroid dienone is 8. The molecule has 34 heavy (non-hydrogen) atoms. The predicted octanol–water partition coefficient (Wildman–Crippen LogP) is -1.10. The lowest BCUT2D eigenvalue weighted by Gasteiger charge is -2.23. The normalized spacial score (nSPS) is 22.9. The van der Waals surface area contributed by atoms with Crippen molar-refractivity contribution in [1.29, 1.82) is 0 Å². The largest absolute Gasteiger partial charge is 1.00 e.